The summed E-state index contributed by atoms with van der Waals surface area (Å²) < 4.78 is 9.68. The Hall–Kier alpha value is -1.62. The quantitative estimate of drug-likeness (QED) is 0.611. The molecule has 0 fully saturated rings. The fourth-order valence-electron chi connectivity index (χ4n) is 1.30. The third-order valence-electron chi connectivity index (χ3n) is 2.07. The Kier molecular flexibility index (Phi) is 4.45. The number of thiophene rings is 1. The molecule has 5 heteroatoms. The van der Waals surface area contributed by atoms with Gasteiger partial charge < -0.3 is 9.47 Å². The van der Waals surface area contributed by atoms with Gasteiger partial charge in [0.1, 0.15) is 0 Å². The Morgan fingerprint density at radius 1 is 1.41 bits per heavy atom. The van der Waals surface area contributed by atoms with Gasteiger partial charge in [-0.3, -0.25) is 4.79 Å². The van der Waals surface area contributed by atoms with E-state index in [4.69, 9.17) is 4.74 Å². The smallest absolute Gasteiger partial charge is 0.337 e. The number of carbonyl (C=O) groups excluding carboxylic acids is 2. The summed E-state index contributed by atoms with van der Waals surface area (Å²) in [5.74, 6) is -1.05. The second-order valence-electron chi connectivity index (χ2n) is 3.45. The van der Waals surface area contributed by atoms with Gasteiger partial charge in [-0.25, -0.2) is 4.79 Å². The van der Waals surface area contributed by atoms with Crippen molar-refractivity contribution in [1.82, 2.24) is 0 Å². The molecular formula is C12H14O4S. The summed E-state index contributed by atoms with van der Waals surface area (Å²) in [6.07, 6.45) is -0.765. The number of methoxy groups -OCH3 is 1. The average Bonchev–Trinajstić information content (AvgIpc) is 2.70. The molecule has 0 radical (unpaired) electrons. The van der Waals surface area contributed by atoms with Gasteiger partial charge in [-0.2, -0.15) is 0 Å². The molecule has 0 amide bonds. The summed E-state index contributed by atoms with van der Waals surface area (Å²) in [5.41, 5.74) is 0.115. The highest BCUT2D eigenvalue weighted by molar-refractivity contribution is 7.12. The number of aryl methyl sites for hydroxylation is 1. The van der Waals surface area contributed by atoms with Crippen molar-refractivity contribution in [3.05, 3.63) is 34.0 Å². The SMILES string of the molecule is C=C(C(=O)OC)[C@H](OC(C)=O)c1ccc(C)s1. The highest BCUT2D eigenvalue weighted by Crippen LogP contribution is 2.31. The molecule has 0 N–H and O–H groups in total. The highest BCUT2D eigenvalue weighted by atomic mass is 32.1. The summed E-state index contributed by atoms with van der Waals surface area (Å²) >= 11 is 1.45. The fraction of sp³-hybridized carbons (Fsp3) is 0.333. The Bertz CT molecular complexity index is 447. The van der Waals surface area contributed by atoms with Crippen molar-refractivity contribution in [2.24, 2.45) is 0 Å². The van der Waals surface area contributed by atoms with Gasteiger partial charge in [0, 0.05) is 11.8 Å². The van der Waals surface area contributed by atoms with E-state index in [0.717, 1.165) is 9.75 Å². The molecular weight excluding hydrogens is 240 g/mol. The van der Waals surface area contributed by atoms with Crippen molar-refractivity contribution in [2.75, 3.05) is 7.11 Å². The summed E-state index contributed by atoms with van der Waals surface area (Å²) in [6, 6.07) is 3.70. The molecule has 0 spiro atoms. The lowest BCUT2D eigenvalue weighted by atomic mass is 10.1. The maximum absolute atomic E-state index is 11.4. The van der Waals surface area contributed by atoms with Crippen LogP contribution in [0, 0.1) is 6.92 Å². The van der Waals surface area contributed by atoms with Crippen molar-refractivity contribution < 1.29 is 19.1 Å². The van der Waals surface area contributed by atoms with Crippen LogP contribution in [0.3, 0.4) is 0 Å². The van der Waals surface area contributed by atoms with E-state index in [1.54, 1.807) is 0 Å². The Balaban J connectivity index is 2.99. The Labute approximate surface area is 104 Å². The number of carbonyl (C=O) groups is 2. The van der Waals surface area contributed by atoms with Gasteiger partial charge in [0.25, 0.3) is 0 Å². The lowest BCUT2D eigenvalue weighted by Gasteiger charge is -2.16. The number of hydrogen-bond acceptors (Lipinski definition) is 5. The van der Waals surface area contributed by atoms with Gasteiger partial charge in [-0.1, -0.05) is 6.58 Å². The number of hydrogen-bond donors (Lipinski definition) is 0. The molecule has 0 saturated carbocycles. The average molecular weight is 254 g/mol. The molecule has 1 atom stereocenters. The first kappa shape index (κ1) is 13.4. The van der Waals surface area contributed by atoms with E-state index >= 15 is 0 Å². The van der Waals surface area contributed by atoms with Gasteiger partial charge in [-0.05, 0) is 19.1 Å². The molecule has 1 aromatic rings. The molecule has 0 saturated heterocycles. The number of rotatable bonds is 4. The highest BCUT2D eigenvalue weighted by Gasteiger charge is 2.25. The normalized spacial score (nSPS) is 11.7. The first-order chi connectivity index (χ1) is 7.95. The van der Waals surface area contributed by atoms with E-state index < -0.39 is 18.0 Å². The van der Waals surface area contributed by atoms with Crippen LogP contribution in [0.1, 0.15) is 22.8 Å². The van der Waals surface area contributed by atoms with Crippen molar-refractivity contribution in [1.29, 1.82) is 0 Å². The molecule has 4 nitrogen and oxygen atoms in total. The predicted molar refractivity (Wildman–Crippen MR) is 64.7 cm³/mol. The van der Waals surface area contributed by atoms with Crippen LogP contribution >= 0.6 is 11.3 Å². The van der Waals surface area contributed by atoms with Crippen molar-refractivity contribution >= 4 is 23.3 Å². The summed E-state index contributed by atoms with van der Waals surface area (Å²) in [6.45, 7) is 6.84. The van der Waals surface area contributed by atoms with E-state index in [9.17, 15) is 9.59 Å². The largest absolute Gasteiger partial charge is 0.466 e. The van der Waals surface area contributed by atoms with Crippen LogP contribution in [0.4, 0.5) is 0 Å². The minimum atomic E-state index is -0.765. The monoisotopic (exact) mass is 254 g/mol. The minimum Gasteiger partial charge on any atom is -0.466 e. The van der Waals surface area contributed by atoms with Crippen molar-refractivity contribution in [3.63, 3.8) is 0 Å². The summed E-state index contributed by atoms with van der Waals surface area (Å²) in [4.78, 5) is 24.3. The maximum atomic E-state index is 11.4. The van der Waals surface area contributed by atoms with E-state index in [1.807, 2.05) is 19.1 Å². The van der Waals surface area contributed by atoms with Gasteiger partial charge in [0.05, 0.1) is 17.6 Å². The second kappa shape index (κ2) is 5.63. The standard InChI is InChI=1S/C12H14O4S/c1-7-5-6-10(17-7)11(16-9(3)13)8(2)12(14)15-4/h5-6,11H,2H2,1,3-4H3/t11-/m0/s1. The van der Waals surface area contributed by atoms with Crippen molar-refractivity contribution in [3.8, 4) is 0 Å². The molecule has 1 aromatic heterocycles. The third-order valence-corrected chi connectivity index (χ3v) is 3.11. The molecule has 0 aliphatic rings. The van der Waals surface area contributed by atoms with E-state index in [1.165, 1.54) is 25.4 Å². The third kappa shape index (κ3) is 3.42. The van der Waals surface area contributed by atoms with Crippen LogP contribution in [0.25, 0.3) is 0 Å². The topological polar surface area (TPSA) is 52.6 Å². The lowest BCUT2D eigenvalue weighted by molar-refractivity contribution is -0.147. The first-order valence-electron chi connectivity index (χ1n) is 4.96. The Morgan fingerprint density at radius 3 is 2.47 bits per heavy atom. The van der Waals surface area contributed by atoms with Gasteiger partial charge in [0.15, 0.2) is 6.10 Å². The van der Waals surface area contributed by atoms with Crippen LogP contribution in [0.5, 0.6) is 0 Å². The molecule has 1 rings (SSSR count). The van der Waals surface area contributed by atoms with E-state index in [-0.39, 0.29) is 5.57 Å². The second-order valence-corrected chi connectivity index (χ2v) is 4.77. The number of ether oxygens (including phenoxy) is 2. The van der Waals surface area contributed by atoms with Crippen LogP contribution < -0.4 is 0 Å². The van der Waals surface area contributed by atoms with Crippen LogP contribution in [0.2, 0.25) is 0 Å². The zero-order valence-electron chi connectivity index (χ0n) is 9.98. The zero-order valence-corrected chi connectivity index (χ0v) is 10.8. The molecule has 1 heterocycles. The molecule has 17 heavy (non-hydrogen) atoms. The predicted octanol–water partition coefficient (Wildman–Crippen LogP) is 2.39. The maximum Gasteiger partial charge on any atom is 0.337 e. The van der Waals surface area contributed by atoms with Crippen molar-refractivity contribution in [2.45, 2.75) is 20.0 Å². The van der Waals surface area contributed by atoms with Crippen LogP contribution in [-0.2, 0) is 19.1 Å². The first-order valence-corrected chi connectivity index (χ1v) is 5.78. The Morgan fingerprint density at radius 2 is 2.06 bits per heavy atom. The summed E-state index contributed by atoms with van der Waals surface area (Å²) in [5, 5.41) is 0. The van der Waals surface area contributed by atoms with Crippen LogP contribution in [-0.4, -0.2) is 19.0 Å². The van der Waals surface area contributed by atoms with Gasteiger partial charge in [0.2, 0.25) is 0 Å². The molecule has 0 aromatic carbocycles. The van der Waals surface area contributed by atoms with E-state index in [2.05, 4.69) is 11.3 Å². The van der Waals surface area contributed by atoms with Crippen LogP contribution in [0.15, 0.2) is 24.3 Å². The van der Waals surface area contributed by atoms with Gasteiger partial charge >= 0.3 is 11.9 Å². The zero-order chi connectivity index (χ0) is 13.0. The van der Waals surface area contributed by atoms with Gasteiger partial charge in [-0.15, -0.1) is 11.3 Å². The molecule has 0 aliphatic heterocycles. The number of esters is 2. The molecule has 0 aliphatic carbocycles. The van der Waals surface area contributed by atoms with E-state index in [0.29, 0.717) is 0 Å². The summed E-state index contributed by atoms with van der Waals surface area (Å²) in [7, 11) is 1.26. The molecule has 0 bridgehead atoms. The fourth-order valence-corrected chi connectivity index (χ4v) is 2.24. The lowest BCUT2D eigenvalue weighted by Crippen LogP contribution is -2.16. The molecule has 92 valence electrons. The minimum absolute atomic E-state index is 0.115. The molecule has 0 unspecified atom stereocenters.